The predicted octanol–water partition coefficient (Wildman–Crippen LogP) is 4.22. The summed E-state index contributed by atoms with van der Waals surface area (Å²) < 4.78 is 27.3. The Hall–Kier alpha value is -2.77. The minimum Gasteiger partial charge on any atom is -0.322 e. The SMILES string of the molecule is Cc1cc(C(=O)Nc2ccc(S(=O)(=O)N3CCC(C)CC3)cc2)c2ccccc2n1. The summed E-state index contributed by atoms with van der Waals surface area (Å²) in [5, 5.41) is 3.64. The van der Waals surface area contributed by atoms with E-state index in [1.165, 1.54) is 0 Å². The minimum atomic E-state index is -3.50. The van der Waals surface area contributed by atoms with Gasteiger partial charge in [-0.25, -0.2) is 8.42 Å². The molecule has 1 amide bonds. The van der Waals surface area contributed by atoms with Crippen molar-refractivity contribution in [2.45, 2.75) is 31.6 Å². The van der Waals surface area contributed by atoms with Crippen molar-refractivity contribution in [3.05, 3.63) is 65.9 Å². The molecule has 2 heterocycles. The average molecular weight is 424 g/mol. The van der Waals surface area contributed by atoms with Crippen LogP contribution in [0.5, 0.6) is 0 Å². The van der Waals surface area contributed by atoms with Crippen LogP contribution in [0.1, 0.15) is 35.8 Å². The van der Waals surface area contributed by atoms with E-state index >= 15 is 0 Å². The molecule has 0 spiro atoms. The third kappa shape index (κ3) is 4.08. The minimum absolute atomic E-state index is 0.250. The van der Waals surface area contributed by atoms with E-state index in [1.807, 2.05) is 31.2 Å². The zero-order valence-corrected chi connectivity index (χ0v) is 17.9. The summed E-state index contributed by atoms with van der Waals surface area (Å²) in [5.41, 5.74) is 2.61. The summed E-state index contributed by atoms with van der Waals surface area (Å²) in [6, 6.07) is 15.6. The number of carbonyl (C=O) groups is 1. The fourth-order valence-corrected chi connectivity index (χ4v) is 5.25. The molecule has 0 atom stereocenters. The van der Waals surface area contributed by atoms with Crippen LogP contribution in [-0.4, -0.2) is 36.7 Å². The molecule has 1 aliphatic heterocycles. The lowest BCUT2D eigenvalue weighted by atomic mass is 10.0. The van der Waals surface area contributed by atoms with Crippen LogP contribution in [0.15, 0.2) is 59.5 Å². The number of pyridine rings is 1. The van der Waals surface area contributed by atoms with Crippen LogP contribution < -0.4 is 5.32 Å². The molecular weight excluding hydrogens is 398 g/mol. The van der Waals surface area contributed by atoms with Crippen LogP contribution in [0.3, 0.4) is 0 Å². The lowest BCUT2D eigenvalue weighted by Crippen LogP contribution is -2.37. The first kappa shape index (κ1) is 20.5. The molecule has 0 radical (unpaired) electrons. The normalized spacial score (nSPS) is 15.9. The quantitative estimate of drug-likeness (QED) is 0.682. The van der Waals surface area contributed by atoms with Crippen molar-refractivity contribution < 1.29 is 13.2 Å². The molecule has 1 N–H and O–H groups in total. The molecule has 6 nitrogen and oxygen atoms in total. The van der Waals surface area contributed by atoms with Gasteiger partial charge in [-0.1, -0.05) is 25.1 Å². The number of amides is 1. The first-order valence-electron chi connectivity index (χ1n) is 10.1. The van der Waals surface area contributed by atoms with E-state index in [0.717, 1.165) is 29.4 Å². The summed E-state index contributed by atoms with van der Waals surface area (Å²) in [6.07, 6.45) is 1.76. The van der Waals surface area contributed by atoms with Gasteiger partial charge < -0.3 is 5.32 Å². The molecule has 7 heteroatoms. The molecule has 0 unspecified atom stereocenters. The Balaban J connectivity index is 1.54. The third-order valence-electron chi connectivity index (χ3n) is 5.58. The van der Waals surface area contributed by atoms with Gasteiger partial charge in [-0.15, -0.1) is 0 Å². The van der Waals surface area contributed by atoms with Gasteiger partial charge in [-0.05, 0) is 62.1 Å². The average Bonchev–Trinajstić information content (AvgIpc) is 2.73. The van der Waals surface area contributed by atoms with Crippen molar-refractivity contribution in [1.82, 2.24) is 9.29 Å². The standard InChI is InChI=1S/C23H25N3O3S/c1-16-11-13-26(14-12-16)30(28,29)19-9-7-18(8-10-19)25-23(27)21-15-17(2)24-22-6-4-3-5-20(21)22/h3-10,15-16H,11-14H2,1-2H3,(H,25,27). The van der Waals surface area contributed by atoms with Crippen molar-refractivity contribution in [1.29, 1.82) is 0 Å². The van der Waals surface area contributed by atoms with Crippen molar-refractivity contribution in [3.63, 3.8) is 0 Å². The van der Waals surface area contributed by atoms with E-state index in [4.69, 9.17) is 0 Å². The Morgan fingerprint density at radius 2 is 1.73 bits per heavy atom. The van der Waals surface area contributed by atoms with Crippen LogP contribution in [0.25, 0.3) is 10.9 Å². The van der Waals surface area contributed by atoms with Gasteiger partial charge in [0, 0.05) is 29.9 Å². The van der Waals surface area contributed by atoms with Crippen LogP contribution >= 0.6 is 0 Å². The number of sulfonamides is 1. The van der Waals surface area contributed by atoms with Crippen molar-refractivity contribution in [3.8, 4) is 0 Å². The van der Waals surface area contributed by atoms with Crippen LogP contribution in [0.2, 0.25) is 0 Å². The molecular formula is C23H25N3O3S. The summed E-state index contributed by atoms with van der Waals surface area (Å²) in [4.78, 5) is 17.6. The number of carbonyl (C=O) groups excluding carboxylic acids is 1. The van der Waals surface area contributed by atoms with E-state index in [-0.39, 0.29) is 10.8 Å². The molecule has 1 saturated heterocycles. The lowest BCUT2D eigenvalue weighted by molar-refractivity contribution is 0.102. The van der Waals surface area contributed by atoms with Crippen LogP contribution in [-0.2, 0) is 10.0 Å². The zero-order valence-electron chi connectivity index (χ0n) is 17.1. The van der Waals surface area contributed by atoms with Crippen molar-refractivity contribution in [2.75, 3.05) is 18.4 Å². The summed E-state index contributed by atoms with van der Waals surface area (Å²) in [7, 11) is -3.50. The van der Waals surface area contributed by atoms with Crippen molar-refractivity contribution >= 4 is 32.5 Å². The molecule has 1 fully saturated rings. The number of nitrogens with zero attached hydrogens (tertiary/aromatic N) is 2. The highest BCUT2D eigenvalue weighted by Crippen LogP contribution is 2.25. The number of aromatic nitrogens is 1. The number of hydrogen-bond acceptors (Lipinski definition) is 4. The number of benzene rings is 2. The number of anilines is 1. The first-order chi connectivity index (χ1) is 14.3. The predicted molar refractivity (Wildman–Crippen MR) is 118 cm³/mol. The van der Waals surface area contributed by atoms with Gasteiger partial charge in [0.2, 0.25) is 10.0 Å². The Morgan fingerprint density at radius 3 is 2.43 bits per heavy atom. The molecule has 1 aromatic heterocycles. The summed E-state index contributed by atoms with van der Waals surface area (Å²) in [6.45, 7) is 5.10. The highest BCUT2D eigenvalue weighted by atomic mass is 32.2. The van der Waals surface area contributed by atoms with E-state index < -0.39 is 10.0 Å². The zero-order chi connectivity index (χ0) is 21.3. The van der Waals surface area contributed by atoms with Gasteiger partial charge in [0.15, 0.2) is 0 Å². The summed E-state index contributed by atoms with van der Waals surface area (Å²) >= 11 is 0. The van der Waals surface area contributed by atoms with Gasteiger partial charge in [-0.3, -0.25) is 9.78 Å². The fraction of sp³-hybridized carbons (Fsp3) is 0.304. The van der Waals surface area contributed by atoms with Gasteiger partial charge in [0.1, 0.15) is 0 Å². The van der Waals surface area contributed by atoms with Crippen LogP contribution in [0.4, 0.5) is 5.69 Å². The summed E-state index contributed by atoms with van der Waals surface area (Å²) in [5.74, 6) is 0.305. The second kappa shape index (κ2) is 8.16. The molecule has 0 aliphatic carbocycles. The van der Waals surface area contributed by atoms with Crippen LogP contribution in [0, 0.1) is 12.8 Å². The molecule has 1 aliphatic rings. The van der Waals surface area contributed by atoms with Crippen molar-refractivity contribution in [2.24, 2.45) is 5.92 Å². The van der Waals surface area contributed by atoms with Gasteiger partial charge in [0.25, 0.3) is 5.91 Å². The van der Waals surface area contributed by atoms with Gasteiger partial charge in [0.05, 0.1) is 16.0 Å². The van der Waals surface area contributed by atoms with E-state index in [1.54, 1.807) is 34.6 Å². The first-order valence-corrected chi connectivity index (χ1v) is 11.6. The van der Waals surface area contributed by atoms with E-state index in [0.29, 0.717) is 30.3 Å². The lowest BCUT2D eigenvalue weighted by Gasteiger charge is -2.29. The number of piperidine rings is 1. The monoisotopic (exact) mass is 423 g/mol. The molecule has 30 heavy (non-hydrogen) atoms. The number of fused-ring (bicyclic) bond motifs is 1. The van der Waals surface area contributed by atoms with E-state index in [9.17, 15) is 13.2 Å². The Bertz CT molecular complexity index is 1180. The number of rotatable bonds is 4. The fourth-order valence-electron chi connectivity index (χ4n) is 3.78. The maximum absolute atomic E-state index is 12.9. The van der Waals surface area contributed by atoms with Gasteiger partial charge >= 0.3 is 0 Å². The molecule has 2 aromatic carbocycles. The number of hydrogen-bond donors (Lipinski definition) is 1. The molecule has 156 valence electrons. The Labute approximate surface area is 177 Å². The maximum Gasteiger partial charge on any atom is 0.256 e. The smallest absolute Gasteiger partial charge is 0.256 e. The second-order valence-corrected chi connectivity index (χ2v) is 9.83. The highest BCUT2D eigenvalue weighted by molar-refractivity contribution is 7.89. The molecule has 0 bridgehead atoms. The molecule has 0 saturated carbocycles. The number of para-hydroxylation sites is 1. The molecule has 4 rings (SSSR count). The maximum atomic E-state index is 12.9. The topological polar surface area (TPSA) is 79.4 Å². The molecule has 3 aromatic rings. The highest BCUT2D eigenvalue weighted by Gasteiger charge is 2.28. The largest absolute Gasteiger partial charge is 0.322 e. The van der Waals surface area contributed by atoms with E-state index in [2.05, 4.69) is 17.2 Å². The number of nitrogens with one attached hydrogen (secondary N) is 1. The Kier molecular flexibility index (Phi) is 5.58. The third-order valence-corrected chi connectivity index (χ3v) is 7.49. The second-order valence-electron chi connectivity index (χ2n) is 7.89. The Morgan fingerprint density at radius 1 is 1.07 bits per heavy atom. The number of aryl methyl sites for hydroxylation is 1. The van der Waals surface area contributed by atoms with Gasteiger partial charge in [-0.2, -0.15) is 4.31 Å².